The fourth-order valence-corrected chi connectivity index (χ4v) is 0.532. The highest BCUT2D eigenvalue weighted by Crippen LogP contribution is 1.96. The van der Waals surface area contributed by atoms with Crippen molar-refractivity contribution < 1.29 is 5.11 Å². The number of aliphatic hydroxyl groups excluding tert-OH is 1. The van der Waals surface area contributed by atoms with E-state index in [2.05, 4.69) is 11.6 Å². The van der Waals surface area contributed by atoms with Crippen molar-refractivity contribution in [3.8, 4) is 0 Å². The van der Waals surface area contributed by atoms with E-state index < -0.39 is 6.10 Å². The van der Waals surface area contributed by atoms with Gasteiger partial charge in [0.15, 0.2) is 0 Å². The summed E-state index contributed by atoms with van der Waals surface area (Å²) in [5.41, 5.74) is 0.908. The third-order valence-corrected chi connectivity index (χ3v) is 1.07. The first-order chi connectivity index (χ1) is 5.16. The summed E-state index contributed by atoms with van der Waals surface area (Å²) in [6.07, 6.45) is 5.62. The first kappa shape index (κ1) is 10.1. The topological polar surface area (TPSA) is 32.6 Å². The molecule has 0 rings (SSSR count). The molecular weight excluding hydrogens is 138 g/mol. The van der Waals surface area contributed by atoms with E-state index in [1.165, 1.54) is 6.21 Å². The van der Waals surface area contributed by atoms with Crippen molar-refractivity contribution in [2.24, 2.45) is 4.99 Å². The minimum absolute atomic E-state index is 0.470. The summed E-state index contributed by atoms with van der Waals surface area (Å²) in [5.74, 6) is 0. The van der Waals surface area contributed by atoms with Crippen molar-refractivity contribution in [1.29, 1.82) is 0 Å². The molecule has 1 unspecified atom stereocenters. The standard InChI is InChI=1S/C9H15NO/c1-4-5-6-8(2)10-7-9(3)11/h4,6-7,9,11H,1,5H2,2-3H3/b8-6-,10-7?. The second kappa shape index (κ2) is 5.86. The predicted molar refractivity (Wildman–Crippen MR) is 48.7 cm³/mol. The summed E-state index contributed by atoms with van der Waals surface area (Å²) in [7, 11) is 0. The Morgan fingerprint density at radius 1 is 1.73 bits per heavy atom. The SMILES string of the molecule is C=CC/C=C(/C)N=CC(C)O. The van der Waals surface area contributed by atoms with E-state index in [-0.39, 0.29) is 0 Å². The van der Waals surface area contributed by atoms with E-state index in [9.17, 15) is 0 Å². The molecular formula is C9H15NO. The average molecular weight is 153 g/mol. The second-order valence-electron chi connectivity index (χ2n) is 2.39. The number of aliphatic imine (C=N–C) groups is 1. The number of hydrogen-bond acceptors (Lipinski definition) is 2. The van der Waals surface area contributed by atoms with Gasteiger partial charge in [0.2, 0.25) is 0 Å². The lowest BCUT2D eigenvalue weighted by Gasteiger charge is -1.93. The zero-order valence-electron chi connectivity index (χ0n) is 7.12. The largest absolute Gasteiger partial charge is 0.388 e. The van der Waals surface area contributed by atoms with Gasteiger partial charge in [-0.2, -0.15) is 0 Å². The van der Waals surface area contributed by atoms with Gasteiger partial charge in [-0.05, 0) is 20.3 Å². The van der Waals surface area contributed by atoms with Crippen LogP contribution >= 0.6 is 0 Å². The lowest BCUT2D eigenvalue weighted by Crippen LogP contribution is -1.99. The molecule has 0 aliphatic rings. The molecule has 0 aromatic carbocycles. The number of rotatable bonds is 4. The summed E-state index contributed by atoms with van der Waals surface area (Å²) in [5, 5.41) is 8.83. The molecule has 0 saturated heterocycles. The summed E-state index contributed by atoms with van der Waals surface area (Å²) >= 11 is 0. The molecule has 11 heavy (non-hydrogen) atoms. The fraction of sp³-hybridized carbons (Fsp3) is 0.444. The Hall–Kier alpha value is -0.890. The van der Waals surface area contributed by atoms with Crippen LogP contribution in [0.3, 0.4) is 0 Å². The van der Waals surface area contributed by atoms with E-state index in [1.54, 1.807) is 13.0 Å². The van der Waals surface area contributed by atoms with Gasteiger partial charge in [-0.1, -0.05) is 12.2 Å². The molecule has 0 amide bonds. The van der Waals surface area contributed by atoms with Crippen molar-refractivity contribution in [3.05, 3.63) is 24.4 Å². The van der Waals surface area contributed by atoms with Gasteiger partial charge >= 0.3 is 0 Å². The Morgan fingerprint density at radius 2 is 2.36 bits per heavy atom. The van der Waals surface area contributed by atoms with E-state index >= 15 is 0 Å². The molecule has 2 nitrogen and oxygen atoms in total. The molecule has 0 saturated carbocycles. The molecule has 0 aliphatic carbocycles. The monoisotopic (exact) mass is 153 g/mol. The summed E-state index contributed by atoms with van der Waals surface area (Å²) in [4.78, 5) is 4.00. The quantitative estimate of drug-likeness (QED) is 0.485. The zero-order valence-corrected chi connectivity index (χ0v) is 7.12. The Kier molecular flexibility index (Phi) is 5.39. The zero-order chi connectivity index (χ0) is 8.69. The highest BCUT2D eigenvalue weighted by Gasteiger charge is 1.86. The smallest absolute Gasteiger partial charge is 0.0863 e. The van der Waals surface area contributed by atoms with Gasteiger partial charge in [0.25, 0.3) is 0 Å². The van der Waals surface area contributed by atoms with Gasteiger partial charge in [-0.15, -0.1) is 6.58 Å². The van der Waals surface area contributed by atoms with E-state index in [0.29, 0.717) is 0 Å². The lowest BCUT2D eigenvalue weighted by atomic mass is 10.3. The molecule has 0 spiro atoms. The number of hydrogen-bond donors (Lipinski definition) is 1. The van der Waals surface area contributed by atoms with E-state index in [0.717, 1.165) is 12.1 Å². The third-order valence-electron chi connectivity index (χ3n) is 1.07. The van der Waals surface area contributed by atoms with Crippen LogP contribution in [0.1, 0.15) is 20.3 Å². The first-order valence-electron chi connectivity index (χ1n) is 3.66. The number of allylic oxidation sites excluding steroid dienone is 3. The Morgan fingerprint density at radius 3 is 2.82 bits per heavy atom. The van der Waals surface area contributed by atoms with Crippen molar-refractivity contribution in [1.82, 2.24) is 0 Å². The molecule has 0 aliphatic heterocycles. The molecule has 0 radical (unpaired) electrons. The fourth-order valence-electron chi connectivity index (χ4n) is 0.532. The highest BCUT2D eigenvalue weighted by atomic mass is 16.3. The molecule has 62 valence electrons. The van der Waals surface area contributed by atoms with Crippen LogP contribution in [0.2, 0.25) is 0 Å². The molecule has 0 fully saturated rings. The van der Waals surface area contributed by atoms with Gasteiger partial charge in [-0.3, -0.25) is 4.99 Å². The molecule has 0 aromatic heterocycles. The lowest BCUT2D eigenvalue weighted by molar-refractivity contribution is 0.267. The minimum atomic E-state index is -0.470. The Balaban J connectivity index is 3.84. The van der Waals surface area contributed by atoms with Crippen molar-refractivity contribution in [2.75, 3.05) is 0 Å². The van der Waals surface area contributed by atoms with Crippen LogP contribution in [0.4, 0.5) is 0 Å². The van der Waals surface area contributed by atoms with E-state index in [1.807, 2.05) is 13.0 Å². The Bertz CT molecular complexity index is 168. The molecule has 0 bridgehead atoms. The maximum absolute atomic E-state index is 8.83. The Labute approximate surface area is 68.0 Å². The van der Waals surface area contributed by atoms with Gasteiger partial charge < -0.3 is 5.11 Å². The maximum atomic E-state index is 8.83. The van der Waals surface area contributed by atoms with Crippen LogP contribution in [0.5, 0.6) is 0 Å². The first-order valence-corrected chi connectivity index (χ1v) is 3.66. The molecule has 0 aromatic rings. The van der Waals surface area contributed by atoms with Gasteiger partial charge in [-0.25, -0.2) is 0 Å². The normalized spacial score (nSPS) is 15.4. The predicted octanol–water partition coefficient (Wildman–Crippen LogP) is 1.92. The third kappa shape index (κ3) is 7.00. The highest BCUT2D eigenvalue weighted by molar-refractivity contribution is 5.63. The average Bonchev–Trinajstić information content (AvgIpc) is 1.97. The van der Waals surface area contributed by atoms with Crippen molar-refractivity contribution in [3.63, 3.8) is 0 Å². The number of nitrogens with zero attached hydrogens (tertiary/aromatic N) is 1. The van der Waals surface area contributed by atoms with Crippen LogP contribution in [-0.2, 0) is 0 Å². The van der Waals surface area contributed by atoms with Crippen molar-refractivity contribution in [2.45, 2.75) is 26.4 Å². The van der Waals surface area contributed by atoms with Gasteiger partial charge in [0.1, 0.15) is 0 Å². The second-order valence-corrected chi connectivity index (χ2v) is 2.39. The summed E-state index contributed by atoms with van der Waals surface area (Å²) in [6.45, 7) is 7.14. The molecule has 2 heteroatoms. The molecule has 1 N–H and O–H groups in total. The van der Waals surface area contributed by atoms with E-state index in [4.69, 9.17) is 5.11 Å². The van der Waals surface area contributed by atoms with Crippen molar-refractivity contribution >= 4 is 6.21 Å². The van der Waals surface area contributed by atoms with Gasteiger partial charge in [0.05, 0.1) is 6.10 Å². The van der Waals surface area contributed by atoms with Crippen LogP contribution in [0, 0.1) is 0 Å². The van der Waals surface area contributed by atoms with Crippen LogP contribution < -0.4 is 0 Å². The summed E-state index contributed by atoms with van der Waals surface area (Å²) in [6, 6.07) is 0. The molecule has 1 atom stereocenters. The molecule has 0 heterocycles. The number of aliphatic hydroxyl groups is 1. The van der Waals surface area contributed by atoms with Crippen LogP contribution in [0.25, 0.3) is 0 Å². The maximum Gasteiger partial charge on any atom is 0.0863 e. The summed E-state index contributed by atoms with van der Waals surface area (Å²) < 4.78 is 0. The van der Waals surface area contributed by atoms with Crippen LogP contribution in [-0.4, -0.2) is 17.4 Å². The minimum Gasteiger partial charge on any atom is -0.388 e. The van der Waals surface area contributed by atoms with Gasteiger partial charge in [0, 0.05) is 11.9 Å². The van der Waals surface area contributed by atoms with Crippen LogP contribution in [0.15, 0.2) is 29.4 Å².